The van der Waals surface area contributed by atoms with Crippen LogP contribution in [0.2, 0.25) is 0 Å². The molecule has 5 nitrogen and oxygen atoms in total. The fourth-order valence-corrected chi connectivity index (χ4v) is 3.71. The van der Waals surface area contributed by atoms with Crippen molar-refractivity contribution < 1.29 is 13.8 Å². The lowest BCUT2D eigenvalue weighted by atomic mass is 9.86. The smallest absolute Gasteiger partial charge is 0.251 e. The summed E-state index contributed by atoms with van der Waals surface area (Å²) in [5.41, 5.74) is 6.98. The van der Waals surface area contributed by atoms with E-state index in [2.05, 4.69) is 26.1 Å². The topological polar surface area (TPSA) is 89.3 Å². The number of carbonyl (C=O) groups is 2. The lowest BCUT2D eigenvalue weighted by Gasteiger charge is -2.19. The molecule has 0 saturated carbocycles. The summed E-state index contributed by atoms with van der Waals surface area (Å²) in [5.74, 6) is -0.773. The largest absolute Gasteiger partial charge is 0.368 e. The van der Waals surface area contributed by atoms with Crippen molar-refractivity contribution >= 4 is 22.6 Å². The van der Waals surface area contributed by atoms with Crippen molar-refractivity contribution in [3.63, 3.8) is 0 Å². The average Bonchev–Trinajstić information content (AvgIpc) is 2.64. The lowest BCUT2D eigenvalue weighted by Crippen LogP contribution is -2.45. The highest BCUT2D eigenvalue weighted by Crippen LogP contribution is 2.22. The number of hydrogen-bond acceptors (Lipinski definition) is 3. The zero-order chi connectivity index (χ0) is 20.0. The molecule has 0 saturated heterocycles. The summed E-state index contributed by atoms with van der Waals surface area (Å²) in [6.07, 6.45) is 0.211. The zero-order valence-corrected chi connectivity index (χ0v) is 16.7. The monoisotopic (exact) mass is 386 g/mol. The standard InChI is InChI=1S/C21H26N2O3S/c1-21(2,3)16-11-9-15(10-12-16)20(25)23-18(19(22)24)13-14-27(26)17-7-5-4-6-8-17/h4-12,18H,13-14H2,1-3H3,(H2,22,24)(H,23,25)/t18-,27-/m0/s1. The second-order valence-corrected chi connectivity index (χ2v) is 8.98. The number of carbonyl (C=O) groups excluding carboxylic acids is 2. The molecule has 2 atom stereocenters. The van der Waals surface area contributed by atoms with Crippen LogP contribution in [0.4, 0.5) is 0 Å². The van der Waals surface area contributed by atoms with Gasteiger partial charge in [0.2, 0.25) is 5.91 Å². The van der Waals surface area contributed by atoms with Gasteiger partial charge in [0, 0.05) is 16.2 Å². The van der Waals surface area contributed by atoms with Crippen LogP contribution in [0.1, 0.15) is 43.1 Å². The molecule has 0 aliphatic carbocycles. The first kappa shape index (κ1) is 20.8. The van der Waals surface area contributed by atoms with Gasteiger partial charge >= 0.3 is 0 Å². The van der Waals surface area contributed by atoms with E-state index in [-0.39, 0.29) is 23.5 Å². The summed E-state index contributed by atoms with van der Waals surface area (Å²) in [4.78, 5) is 24.8. The average molecular weight is 387 g/mol. The van der Waals surface area contributed by atoms with Gasteiger partial charge in [0.15, 0.2) is 0 Å². The van der Waals surface area contributed by atoms with Crippen LogP contribution in [0, 0.1) is 0 Å². The molecule has 0 aliphatic heterocycles. The molecule has 0 aromatic heterocycles. The van der Waals surface area contributed by atoms with Gasteiger partial charge in [-0.2, -0.15) is 0 Å². The Bertz CT molecular complexity index is 812. The third-order valence-corrected chi connectivity index (χ3v) is 5.66. The molecule has 6 heteroatoms. The maximum Gasteiger partial charge on any atom is 0.251 e. The number of primary amides is 1. The maximum absolute atomic E-state index is 12.4. The van der Waals surface area contributed by atoms with Crippen molar-refractivity contribution in [3.05, 3.63) is 65.7 Å². The maximum atomic E-state index is 12.4. The van der Waals surface area contributed by atoms with Gasteiger partial charge < -0.3 is 11.1 Å². The van der Waals surface area contributed by atoms with Crippen LogP contribution in [0.3, 0.4) is 0 Å². The Morgan fingerprint density at radius 3 is 2.15 bits per heavy atom. The Morgan fingerprint density at radius 2 is 1.63 bits per heavy atom. The molecular formula is C21H26N2O3S. The lowest BCUT2D eigenvalue weighted by molar-refractivity contribution is -0.119. The minimum absolute atomic E-state index is 0.00767. The van der Waals surface area contributed by atoms with Gasteiger partial charge in [-0.15, -0.1) is 0 Å². The van der Waals surface area contributed by atoms with Gasteiger partial charge in [-0.3, -0.25) is 13.8 Å². The highest BCUT2D eigenvalue weighted by molar-refractivity contribution is 7.85. The van der Waals surface area contributed by atoms with Crippen LogP contribution in [0.25, 0.3) is 0 Å². The van der Waals surface area contributed by atoms with Gasteiger partial charge in [-0.1, -0.05) is 51.1 Å². The zero-order valence-electron chi connectivity index (χ0n) is 15.9. The van der Waals surface area contributed by atoms with Gasteiger partial charge in [-0.05, 0) is 41.7 Å². The Balaban J connectivity index is 2.00. The number of nitrogens with two attached hydrogens (primary N) is 1. The van der Waals surface area contributed by atoms with E-state index in [0.717, 1.165) is 5.56 Å². The van der Waals surface area contributed by atoms with Crippen LogP contribution in [-0.4, -0.2) is 27.8 Å². The van der Waals surface area contributed by atoms with Crippen molar-refractivity contribution in [1.82, 2.24) is 5.32 Å². The number of rotatable bonds is 7. The van der Waals surface area contributed by atoms with Crippen LogP contribution < -0.4 is 11.1 Å². The number of hydrogen-bond donors (Lipinski definition) is 2. The second-order valence-electron chi connectivity index (χ2n) is 7.41. The Hall–Kier alpha value is -2.47. The number of amides is 2. The fourth-order valence-electron chi connectivity index (χ4n) is 2.56. The first-order valence-corrected chi connectivity index (χ1v) is 10.1. The summed E-state index contributed by atoms with van der Waals surface area (Å²) in [5, 5.41) is 2.65. The van der Waals surface area contributed by atoms with Gasteiger partial charge in [-0.25, -0.2) is 0 Å². The predicted molar refractivity (Wildman–Crippen MR) is 108 cm³/mol. The molecule has 3 N–H and O–H groups in total. The molecule has 0 fully saturated rings. The van der Waals surface area contributed by atoms with Gasteiger partial charge in [0.05, 0.1) is 10.8 Å². The van der Waals surface area contributed by atoms with E-state index in [4.69, 9.17) is 5.73 Å². The molecule has 2 rings (SSSR count). The summed E-state index contributed by atoms with van der Waals surface area (Å²) >= 11 is 0. The molecule has 144 valence electrons. The van der Waals surface area contributed by atoms with E-state index in [1.807, 2.05) is 30.3 Å². The Labute approximate surface area is 162 Å². The van der Waals surface area contributed by atoms with Crippen molar-refractivity contribution in [2.75, 3.05) is 5.75 Å². The normalized spacial score (nSPS) is 13.6. The van der Waals surface area contributed by atoms with Crippen molar-refractivity contribution in [2.24, 2.45) is 5.73 Å². The van der Waals surface area contributed by atoms with E-state index in [9.17, 15) is 13.8 Å². The molecule has 0 heterocycles. The summed E-state index contributed by atoms with van der Waals surface area (Å²) in [6, 6.07) is 15.4. The molecule has 2 aromatic carbocycles. The molecule has 2 aromatic rings. The fraction of sp³-hybridized carbons (Fsp3) is 0.333. The van der Waals surface area contributed by atoms with Gasteiger partial charge in [0.25, 0.3) is 5.91 Å². The molecule has 0 unspecified atom stereocenters. The molecule has 0 bridgehead atoms. The predicted octanol–water partition coefficient (Wildman–Crippen LogP) is 2.77. The molecular weight excluding hydrogens is 360 g/mol. The minimum atomic E-state index is -1.25. The van der Waals surface area contributed by atoms with Gasteiger partial charge in [0.1, 0.15) is 6.04 Å². The third kappa shape index (κ3) is 6.03. The van der Waals surface area contributed by atoms with E-state index in [1.165, 1.54) is 0 Å². The SMILES string of the molecule is CC(C)(C)c1ccc(C(=O)N[C@@H](CC[S@](=O)c2ccccc2)C(N)=O)cc1. The van der Waals surface area contributed by atoms with Crippen LogP contribution >= 0.6 is 0 Å². The van der Waals surface area contributed by atoms with Crippen LogP contribution in [0.5, 0.6) is 0 Å². The summed E-state index contributed by atoms with van der Waals surface area (Å²) < 4.78 is 12.3. The molecule has 2 amide bonds. The quantitative estimate of drug-likeness (QED) is 0.767. The second kappa shape index (κ2) is 8.95. The Morgan fingerprint density at radius 1 is 1.04 bits per heavy atom. The van der Waals surface area contributed by atoms with E-state index in [0.29, 0.717) is 10.5 Å². The molecule has 0 radical (unpaired) electrons. The highest BCUT2D eigenvalue weighted by atomic mass is 32.2. The van der Waals surface area contributed by atoms with Crippen molar-refractivity contribution in [1.29, 1.82) is 0 Å². The van der Waals surface area contributed by atoms with Crippen molar-refractivity contribution in [3.8, 4) is 0 Å². The molecule has 0 spiro atoms. The van der Waals surface area contributed by atoms with Crippen LogP contribution in [-0.2, 0) is 21.0 Å². The first-order valence-electron chi connectivity index (χ1n) is 8.82. The molecule has 0 aliphatic rings. The van der Waals surface area contributed by atoms with Crippen molar-refractivity contribution in [2.45, 2.75) is 43.5 Å². The summed E-state index contributed by atoms with van der Waals surface area (Å²) in [7, 11) is -1.25. The summed E-state index contributed by atoms with van der Waals surface area (Å²) in [6.45, 7) is 6.29. The van der Waals surface area contributed by atoms with Crippen LogP contribution in [0.15, 0.2) is 59.5 Å². The van der Waals surface area contributed by atoms with E-state index < -0.39 is 22.7 Å². The number of nitrogens with one attached hydrogen (secondary N) is 1. The first-order chi connectivity index (χ1) is 12.7. The number of benzene rings is 2. The van der Waals surface area contributed by atoms with E-state index in [1.54, 1.807) is 24.3 Å². The molecule has 27 heavy (non-hydrogen) atoms. The van der Waals surface area contributed by atoms with E-state index >= 15 is 0 Å². The minimum Gasteiger partial charge on any atom is -0.368 e. The highest BCUT2D eigenvalue weighted by Gasteiger charge is 2.21. The Kier molecular flexibility index (Phi) is 6.91. The third-order valence-electron chi connectivity index (χ3n) is 4.26.